The monoisotopic (exact) mass is 287 g/mol. The lowest BCUT2D eigenvalue weighted by Crippen LogP contribution is -2.29. The van der Waals surface area contributed by atoms with Gasteiger partial charge >= 0.3 is 12.1 Å². The van der Waals surface area contributed by atoms with Crippen LogP contribution in [-0.2, 0) is 4.79 Å². The first-order valence-electron chi connectivity index (χ1n) is 5.06. The lowest BCUT2D eigenvalue weighted by molar-refractivity contribution is -0.167. The van der Waals surface area contributed by atoms with Crippen molar-refractivity contribution >= 4 is 28.1 Å². The molecule has 0 aliphatic heterocycles. The van der Waals surface area contributed by atoms with Crippen LogP contribution in [0.5, 0.6) is 0 Å². The number of carbonyl (C=O) groups excluding carboxylic acids is 1. The molecule has 0 radical (unpaired) electrons. The van der Waals surface area contributed by atoms with Crippen molar-refractivity contribution in [3.8, 4) is 11.3 Å². The predicted octanol–water partition coefficient (Wildman–Crippen LogP) is 2.89. The van der Waals surface area contributed by atoms with Crippen LogP contribution in [0, 0.1) is 0 Å². The summed E-state index contributed by atoms with van der Waals surface area (Å²) in [5.74, 6) is -2.04. The summed E-state index contributed by atoms with van der Waals surface area (Å²) in [7, 11) is 0. The van der Waals surface area contributed by atoms with E-state index in [1.165, 1.54) is 0 Å². The Bertz CT molecular complexity index is 609. The van der Waals surface area contributed by atoms with Crippen LogP contribution in [0.3, 0.4) is 0 Å². The summed E-state index contributed by atoms with van der Waals surface area (Å²) < 4.78 is 36.2. The quantitative estimate of drug-likeness (QED) is 0.834. The van der Waals surface area contributed by atoms with Gasteiger partial charge in [0.15, 0.2) is 5.13 Å². The molecule has 3 N–H and O–H groups in total. The van der Waals surface area contributed by atoms with Gasteiger partial charge in [-0.2, -0.15) is 13.2 Å². The van der Waals surface area contributed by atoms with E-state index in [9.17, 15) is 18.0 Å². The summed E-state index contributed by atoms with van der Waals surface area (Å²) in [5.41, 5.74) is 7.24. The van der Waals surface area contributed by atoms with Crippen LogP contribution in [0.4, 0.5) is 24.0 Å². The summed E-state index contributed by atoms with van der Waals surface area (Å²) in [6, 6.07) is 6.76. The Morgan fingerprint density at radius 2 is 2.11 bits per heavy atom. The average Bonchev–Trinajstić information content (AvgIpc) is 2.76. The number of thiazole rings is 1. The Morgan fingerprint density at radius 1 is 1.37 bits per heavy atom. The molecule has 100 valence electrons. The predicted molar refractivity (Wildman–Crippen MR) is 66.6 cm³/mol. The maximum absolute atomic E-state index is 12.1. The number of aromatic nitrogens is 1. The van der Waals surface area contributed by atoms with E-state index in [1.807, 2.05) is 0 Å². The van der Waals surface area contributed by atoms with Crippen LogP contribution in [-0.4, -0.2) is 17.1 Å². The molecule has 0 spiro atoms. The second kappa shape index (κ2) is 4.88. The molecule has 0 bridgehead atoms. The Balaban J connectivity index is 2.18. The highest BCUT2D eigenvalue weighted by molar-refractivity contribution is 7.14. The molecule has 19 heavy (non-hydrogen) atoms. The van der Waals surface area contributed by atoms with Gasteiger partial charge in [-0.3, -0.25) is 10.1 Å². The largest absolute Gasteiger partial charge is 0.471 e. The fraction of sp³-hybridized carbons (Fsp3) is 0.0909. The van der Waals surface area contributed by atoms with Crippen molar-refractivity contribution in [2.45, 2.75) is 6.18 Å². The second-order valence-electron chi connectivity index (χ2n) is 3.62. The smallest absolute Gasteiger partial charge is 0.399 e. The third-order valence-electron chi connectivity index (χ3n) is 2.16. The van der Waals surface area contributed by atoms with Gasteiger partial charge in [-0.15, -0.1) is 11.3 Å². The maximum Gasteiger partial charge on any atom is 0.471 e. The molecule has 0 saturated heterocycles. The van der Waals surface area contributed by atoms with E-state index in [1.54, 1.807) is 35.0 Å². The summed E-state index contributed by atoms with van der Waals surface area (Å²) in [5, 5.41) is 3.13. The van der Waals surface area contributed by atoms with E-state index in [0.29, 0.717) is 16.9 Å². The fourth-order valence-corrected chi connectivity index (χ4v) is 2.04. The van der Waals surface area contributed by atoms with Gasteiger partial charge in [0.05, 0.1) is 5.69 Å². The molecule has 8 heteroatoms. The Hall–Kier alpha value is -2.09. The van der Waals surface area contributed by atoms with E-state index in [0.717, 1.165) is 11.3 Å². The Kier molecular flexibility index (Phi) is 3.43. The van der Waals surface area contributed by atoms with Gasteiger partial charge in [0.2, 0.25) is 0 Å². The Labute approximate surface area is 110 Å². The molecule has 2 rings (SSSR count). The van der Waals surface area contributed by atoms with Crippen LogP contribution in [0.2, 0.25) is 0 Å². The standard InChI is InChI=1S/C11H8F3N3OS/c12-11(13,14)9(18)17-10-16-8(5-19-10)6-2-1-3-7(15)4-6/h1-5H,15H2,(H,16,17,18). The molecule has 1 amide bonds. The normalized spacial score (nSPS) is 11.3. The molecule has 1 aromatic carbocycles. The van der Waals surface area contributed by atoms with Crippen molar-refractivity contribution in [1.82, 2.24) is 4.98 Å². The maximum atomic E-state index is 12.1. The number of amides is 1. The van der Waals surface area contributed by atoms with Crippen molar-refractivity contribution in [2.24, 2.45) is 0 Å². The summed E-state index contributed by atoms with van der Waals surface area (Å²) in [6.07, 6.45) is -4.93. The van der Waals surface area contributed by atoms with Gasteiger partial charge in [0.25, 0.3) is 0 Å². The van der Waals surface area contributed by atoms with E-state index in [-0.39, 0.29) is 5.13 Å². The summed E-state index contributed by atoms with van der Waals surface area (Å²) in [4.78, 5) is 14.7. The van der Waals surface area contributed by atoms with Gasteiger partial charge < -0.3 is 5.73 Å². The molecule has 0 aliphatic carbocycles. The molecular weight excluding hydrogens is 279 g/mol. The van der Waals surface area contributed by atoms with Crippen LogP contribution in [0.1, 0.15) is 0 Å². The first kappa shape index (κ1) is 13.3. The number of nitrogen functional groups attached to an aromatic ring is 1. The lowest BCUT2D eigenvalue weighted by Gasteiger charge is -2.04. The topological polar surface area (TPSA) is 68.0 Å². The molecule has 0 saturated carbocycles. The summed E-state index contributed by atoms with van der Waals surface area (Å²) >= 11 is 0.911. The van der Waals surface area contributed by atoms with Gasteiger partial charge in [-0.25, -0.2) is 4.98 Å². The number of nitrogens with two attached hydrogens (primary N) is 1. The second-order valence-corrected chi connectivity index (χ2v) is 4.47. The first-order chi connectivity index (χ1) is 8.86. The molecule has 4 nitrogen and oxygen atoms in total. The third-order valence-corrected chi connectivity index (χ3v) is 2.92. The van der Waals surface area contributed by atoms with Gasteiger partial charge in [-0.1, -0.05) is 12.1 Å². The Morgan fingerprint density at radius 3 is 2.74 bits per heavy atom. The number of hydrogen-bond donors (Lipinski definition) is 2. The van der Waals surface area contributed by atoms with Crippen molar-refractivity contribution in [2.75, 3.05) is 11.1 Å². The number of nitrogens with zero attached hydrogens (tertiary/aromatic N) is 1. The van der Waals surface area contributed by atoms with Crippen molar-refractivity contribution in [3.05, 3.63) is 29.6 Å². The minimum absolute atomic E-state index is 0.111. The van der Waals surface area contributed by atoms with E-state index in [4.69, 9.17) is 5.73 Å². The van der Waals surface area contributed by atoms with Crippen LogP contribution in [0.25, 0.3) is 11.3 Å². The zero-order chi connectivity index (χ0) is 14.0. The molecule has 0 atom stereocenters. The molecule has 0 fully saturated rings. The summed E-state index contributed by atoms with van der Waals surface area (Å²) in [6.45, 7) is 0. The average molecular weight is 287 g/mol. The zero-order valence-corrected chi connectivity index (χ0v) is 10.2. The number of nitrogens with one attached hydrogen (secondary N) is 1. The SMILES string of the molecule is Nc1cccc(-c2csc(NC(=O)C(F)(F)F)n2)c1. The molecule has 1 aromatic heterocycles. The van der Waals surface area contributed by atoms with E-state index in [2.05, 4.69) is 4.98 Å². The number of anilines is 2. The van der Waals surface area contributed by atoms with Crippen molar-refractivity contribution < 1.29 is 18.0 Å². The van der Waals surface area contributed by atoms with Crippen LogP contribution in [0.15, 0.2) is 29.6 Å². The van der Waals surface area contributed by atoms with Crippen molar-refractivity contribution in [3.63, 3.8) is 0 Å². The fourth-order valence-electron chi connectivity index (χ4n) is 1.33. The molecule has 2 aromatic rings. The van der Waals surface area contributed by atoms with Gasteiger partial charge in [0, 0.05) is 16.6 Å². The zero-order valence-electron chi connectivity index (χ0n) is 9.36. The highest BCUT2D eigenvalue weighted by Crippen LogP contribution is 2.27. The van der Waals surface area contributed by atoms with E-state index < -0.39 is 12.1 Å². The van der Waals surface area contributed by atoms with Crippen LogP contribution >= 0.6 is 11.3 Å². The number of carbonyl (C=O) groups is 1. The molecule has 0 unspecified atom stereocenters. The molecular formula is C11H8F3N3OS. The number of benzene rings is 1. The van der Waals surface area contributed by atoms with Gasteiger partial charge in [0.1, 0.15) is 0 Å². The third kappa shape index (κ3) is 3.22. The molecule has 1 heterocycles. The van der Waals surface area contributed by atoms with Gasteiger partial charge in [-0.05, 0) is 12.1 Å². The number of rotatable bonds is 2. The van der Waals surface area contributed by atoms with Crippen LogP contribution < -0.4 is 11.1 Å². The van der Waals surface area contributed by atoms with Crippen molar-refractivity contribution in [1.29, 1.82) is 0 Å². The first-order valence-corrected chi connectivity index (χ1v) is 5.94. The lowest BCUT2D eigenvalue weighted by atomic mass is 10.1. The highest BCUT2D eigenvalue weighted by atomic mass is 32.1. The highest BCUT2D eigenvalue weighted by Gasteiger charge is 2.39. The van der Waals surface area contributed by atoms with E-state index >= 15 is 0 Å². The number of halogens is 3. The number of alkyl halides is 3. The minimum atomic E-state index is -4.93. The minimum Gasteiger partial charge on any atom is -0.399 e. The number of hydrogen-bond acceptors (Lipinski definition) is 4. The molecule has 0 aliphatic rings.